The first-order valence-corrected chi connectivity index (χ1v) is 6.64. The topological polar surface area (TPSA) is 66.4 Å². The van der Waals surface area contributed by atoms with E-state index in [2.05, 4.69) is 5.32 Å². The minimum Gasteiger partial charge on any atom is -0.478 e. The van der Waals surface area contributed by atoms with Gasteiger partial charge in [0.1, 0.15) is 0 Å². The van der Waals surface area contributed by atoms with E-state index in [0.717, 1.165) is 25.7 Å². The summed E-state index contributed by atoms with van der Waals surface area (Å²) in [6.45, 7) is 1.93. The van der Waals surface area contributed by atoms with Gasteiger partial charge in [0.15, 0.2) is 0 Å². The Labute approximate surface area is 116 Å². The highest BCUT2D eigenvalue weighted by molar-refractivity contribution is 6.33. The Morgan fingerprint density at radius 2 is 1.95 bits per heavy atom. The van der Waals surface area contributed by atoms with Gasteiger partial charge < -0.3 is 10.4 Å². The normalized spacial score (nSPS) is 17.2. The van der Waals surface area contributed by atoms with Crippen molar-refractivity contribution in [1.29, 1.82) is 0 Å². The minimum absolute atomic E-state index is 0.0885. The Bertz CT molecular complexity index is 521. The molecule has 102 valence electrons. The molecular formula is C14H16ClNO3. The lowest BCUT2D eigenvalue weighted by Gasteiger charge is -2.22. The second-order valence-corrected chi connectivity index (χ2v) is 5.63. The third kappa shape index (κ3) is 2.89. The van der Waals surface area contributed by atoms with Crippen molar-refractivity contribution in [2.45, 2.75) is 32.6 Å². The van der Waals surface area contributed by atoms with E-state index in [4.69, 9.17) is 16.7 Å². The third-order valence-electron chi connectivity index (χ3n) is 3.72. The highest BCUT2D eigenvalue weighted by atomic mass is 35.5. The lowest BCUT2D eigenvalue weighted by atomic mass is 9.88. The van der Waals surface area contributed by atoms with Crippen molar-refractivity contribution in [3.05, 3.63) is 28.8 Å². The zero-order valence-electron chi connectivity index (χ0n) is 10.7. The molecule has 1 fully saturated rings. The molecule has 1 saturated carbocycles. The number of hydrogen-bond acceptors (Lipinski definition) is 2. The molecule has 0 saturated heterocycles. The zero-order chi connectivity index (χ0) is 14.0. The molecule has 0 aliphatic heterocycles. The maximum absolute atomic E-state index is 12.3. The number of aromatic carboxylic acids is 1. The van der Waals surface area contributed by atoms with Crippen molar-refractivity contribution in [2.24, 2.45) is 5.41 Å². The first-order chi connectivity index (χ1) is 8.92. The molecule has 0 unspecified atom stereocenters. The number of amides is 1. The number of nitrogens with one attached hydrogen (secondary N) is 1. The van der Waals surface area contributed by atoms with Crippen molar-refractivity contribution >= 4 is 29.2 Å². The molecule has 1 aliphatic carbocycles. The van der Waals surface area contributed by atoms with Gasteiger partial charge in [-0.15, -0.1) is 0 Å². The largest absolute Gasteiger partial charge is 0.478 e. The van der Waals surface area contributed by atoms with E-state index in [-0.39, 0.29) is 16.9 Å². The molecule has 1 amide bonds. The predicted octanol–water partition coefficient (Wildman–Crippen LogP) is 3.56. The van der Waals surface area contributed by atoms with Crippen LogP contribution in [0.2, 0.25) is 5.02 Å². The minimum atomic E-state index is -1.04. The lowest BCUT2D eigenvalue weighted by molar-refractivity contribution is -0.124. The van der Waals surface area contributed by atoms with Gasteiger partial charge in [0.2, 0.25) is 5.91 Å². The summed E-state index contributed by atoms with van der Waals surface area (Å²) in [7, 11) is 0. The van der Waals surface area contributed by atoms with Crippen LogP contribution in [0, 0.1) is 5.41 Å². The number of carboxylic acids is 1. The second kappa shape index (κ2) is 5.21. The fourth-order valence-corrected chi connectivity index (χ4v) is 2.57. The number of halogens is 1. The first-order valence-electron chi connectivity index (χ1n) is 6.27. The first kappa shape index (κ1) is 13.9. The monoisotopic (exact) mass is 281 g/mol. The SMILES string of the molecule is CC1(C(=O)Nc2cc(C(=O)O)ccc2Cl)CCCC1. The van der Waals surface area contributed by atoms with Gasteiger partial charge in [-0.05, 0) is 31.0 Å². The average molecular weight is 282 g/mol. The van der Waals surface area contributed by atoms with Crippen LogP contribution in [0.4, 0.5) is 5.69 Å². The third-order valence-corrected chi connectivity index (χ3v) is 4.05. The summed E-state index contributed by atoms with van der Waals surface area (Å²) in [4.78, 5) is 23.2. The zero-order valence-corrected chi connectivity index (χ0v) is 11.5. The van der Waals surface area contributed by atoms with Crippen LogP contribution in [0.15, 0.2) is 18.2 Å². The fourth-order valence-electron chi connectivity index (χ4n) is 2.41. The van der Waals surface area contributed by atoms with E-state index in [1.54, 1.807) is 0 Å². The van der Waals surface area contributed by atoms with Crippen LogP contribution >= 0.6 is 11.6 Å². The van der Waals surface area contributed by atoms with E-state index in [9.17, 15) is 9.59 Å². The van der Waals surface area contributed by atoms with Gasteiger partial charge in [-0.1, -0.05) is 31.4 Å². The van der Waals surface area contributed by atoms with Crippen LogP contribution < -0.4 is 5.32 Å². The summed E-state index contributed by atoms with van der Waals surface area (Å²) in [6.07, 6.45) is 3.81. The summed E-state index contributed by atoms with van der Waals surface area (Å²) in [5.74, 6) is -1.13. The Hall–Kier alpha value is -1.55. The van der Waals surface area contributed by atoms with Crippen LogP contribution in [0.1, 0.15) is 43.0 Å². The number of hydrogen-bond donors (Lipinski definition) is 2. The van der Waals surface area contributed by atoms with Gasteiger partial charge in [-0.25, -0.2) is 4.79 Å². The second-order valence-electron chi connectivity index (χ2n) is 5.22. The average Bonchev–Trinajstić information content (AvgIpc) is 2.80. The maximum Gasteiger partial charge on any atom is 0.335 e. The standard InChI is InChI=1S/C14H16ClNO3/c1-14(6-2-3-7-14)13(19)16-11-8-9(12(17)18)4-5-10(11)15/h4-5,8H,2-3,6-7H2,1H3,(H,16,19)(H,17,18). The highest BCUT2D eigenvalue weighted by Crippen LogP contribution is 2.39. The molecule has 1 aliphatic rings. The lowest BCUT2D eigenvalue weighted by Crippen LogP contribution is -2.31. The molecule has 0 heterocycles. The van der Waals surface area contributed by atoms with Crippen LogP contribution in [-0.2, 0) is 4.79 Å². The van der Waals surface area contributed by atoms with Crippen LogP contribution in [0.5, 0.6) is 0 Å². The quantitative estimate of drug-likeness (QED) is 0.890. The van der Waals surface area contributed by atoms with Crippen LogP contribution in [-0.4, -0.2) is 17.0 Å². The molecule has 0 bridgehead atoms. The predicted molar refractivity (Wildman–Crippen MR) is 73.6 cm³/mol. The van der Waals surface area contributed by atoms with Gasteiger partial charge in [0.25, 0.3) is 0 Å². The molecular weight excluding hydrogens is 266 g/mol. The van der Waals surface area contributed by atoms with E-state index < -0.39 is 5.97 Å². The summed E-state index contributed by atoms with van der Waals surface area (Å²) < 4.78 is 0. The molecule has 19 heavy (non-hydrogen) atoms. The molecule has 2 N–H and O–H groups in total. The van der Waals surface area contributed by atoms with Crippen molar-refractivity contribution in [3.63, 3.8) is 0 Å². The van der Waals surface area contributed by atoms with Gasteiger partial charge >= 0.3 is 5.97 Å². The maximum atomic E-state index is 12.3. The molecule has 0 spiro atoms. The Kier molecular flexibility index (Phi) is 3.80. The highest BCUT2D eigenvalue weighted by Gasteiger charge is 2.36. The Balaban J connectivity index is 2.20. The molecule has 0 radical (unpaired) electrons. The fraction of sp³-hybridized carbons (Fsp3) is 0.429. The smallest absolute Gasteiger partial charge is 0.335 e. The van der Waals surface area contributed by atoms with Crippen molar-refractivity contribution in [2.75, 3.05) is 5.32 Å². The van der Waals surface area contributed by atoms with Crippen LogP contribution in [0.3, 0.4) is 0 Å². The van der Waals surface area contributed by atoms with Crippen molar-refractivity contribution in [1.82, 2.24) is 0 Å². The molecule has 4 nitrogen and oxygen atoms in total. The molecule has 0 atom stereocenters. The number of carboxylic acid groups (broad SMARTS) is 1. The summed E-state index contributed by atoms with van der Waals surface area (Å²) >= 11 is 5.99. The van der Waals surface area contributed by atoms with E-state index in [1.807, 2.05) is 6.92 Å². The summed E-state index contributed by atoms with van der Waals surface area (Å²) in [5.41, 5.74) is 0.0960. The number of anilines is 1. The Morgan fingerprint density at radius 1 is 1.32 bits per heavy atom. The van der Waals surface area contributed by atoms with Crippen molar-refractivity contribution < 1.29 is 14.7 Å². The molecule has 5 heteroatoms. The molecule has 2 rings (SSSR count). The van der Waals surface area contributed by atoms with Crippen molar-refractivity contribution in [3.8, 4) is 0 Å². The number of rotatable bonds is 3. The summed E-state index contributed by atoms with van der Waals surface area (Å²) in [6, 6.07) is 4.29. The van der Waals surface area contributed by atoms with Crippen LogP contribution in [0.25, 0.3) is 0 Å². The Morgan fingerprint density at radius 3 is 2.53 bits per heavy atom. The van der Waals surface area contributed by atoms with Gasteiger partial charge in [0, 0.05) is 5.41 Å². The van der Waals surface area contributed by atoms with E-state index in [1.165, 1.54) is 18.2 Å². The van der Waals surface area contributed by atoms with E-state index in [0.29, 0.717) is 10.7 Å². The number of carbonyl (C=O) groups is 2. The van der Waals surface area contributed by atoms with Gasteiger partial charge in [-0.2, -0.15) is 0 Å². The molecule has 0 aromatic heterocycles. The summed E-state index contributed by atoms with van der Waals surface area (Å²) in [5, 5.41) is 12.0. The van der Waals surface area contributed by atoms with E-state index >= 15 is 0 Å². The number of carbonyl (C=O) groups excluding carboxylic acids is 1. The van der Waals surface area contributed by atoms with Gasteiger partial charge in [-0.3, -0.25) is 4.79 Å². The molecule has 1 aromatic rings. The van der Waals surface area contributed by atoms with Gasteiger partial charge in [0.05, 0.1) is 16.3 Å². The molecule has 1 aromatic carbocycles. The number of benzene rings is 1.